The van der Waals surface area contributed by atoms with Gasteiger partial charge in [-0.25, -0.2) is 9.97 Å². The largest absolute Gasteiger partial charge is 0.370 e. The summed E-state index contributed by atoms with van der Waals surface area (Å²) in [5.74, 6) is 1.38. The average Bonchev–Trinajstić information content (AvgIpc) is 2.37. The van der Waals surface area contributed by atoms with Crippen molar-refractivity contribution < 1.29 is 0 Å². The standard InChI is InChI=1S/C12H16N6/c1-3-6-15-11-10(2)12(17-9-16-11)18(7-4-13)8-5-14/h9H,3,6-8H2,1-2H3,(H,15,16,17). The van der Waals surface area contributed by atoms with Crippen LogP contribution in [0.25, 0.3) is 0 Å². The van der Waals surface area contributed by atoms with Gasteiger partial charge in [0.25, 0.3) is 0 Å². The van der Waals surface area contributed by atoms with E-state index >= 15 is 0 Å². The third kappa shape index (κ3) is 3.33. The lowest BCUT2D eigenvalue weighted by Gasteiger charge is -2.20. The maximum absolute atomic E-state index is 8.77. The highest BCUT2D eigenvalue weighted by molar-refractivity contribution is 5.58. The number of anilines is 2. The van der Waals surface area contributed by atoms with Crippen LogP contribution in [0.2, 0.25) is 0 Å². The molecule has 0 spiro atoms. The molecule has 0 atom stereocenters. The molecule has 0 aliphatic heterocycles. The summed E-state index contributed by atoms with van der Waals surface area (Å²) in [6, 6.07) is 4.07. The second kappa shape index (κ2) is 7.08. The van der Waals surface area contributed by atoms with Crippen LogP contribution in [0, 0.1) is 29.6 Å². The minimum absolute atomic E-state index is 0.138. The first-order valence-electron chi connectivity index (χ1n) is 5.78. The van der Waals surface area contributed by atoms with E-state index in [0.717, 1.165) is 24.3 Å². The zero-order valence-electron chi connectivity index (χ0n) is 10.6. The summed E-state index contributed by atoms with van der Waals surface area (Å²) in [5.41, 5.74) is 0.858. The quantitative estimate of drug-likeness (QED) is 0.762. The van der Waals surface area contributed by atoms with E-state index in [1.807, 2.05) is 19.1 Å². The number of hydrogen-bond acceptors (Lipinski definition) is 6. The highest BCUT2D eigenvalue weighted by atomic mass is 15.2. The monoisotopic (exact) mass is 244 g/mol. The second-order valence-corrected chi connectivity index (χ2v) is 3.77. The van der Waals surface area contributed by atoms with Crippen molar-refractivity contribution in [3.63, 3.8) is 0 Å². The summed E-state index contributed by atoms with van der Waals surface area (Å²) in [6.45, 7) is 5.06. The fourth-order valence-electron chi connectivity index (χ4n) is 1.56. The van der Waals surface area contributed by atoms with Crippen molar-refractivity contribution in [2.24, 2.45) is 0 Å². The SMILES string of the molecule is CCCNc1ncnc(N(CC#N)CC#N)c1C. The van der Waals surface area contributed by atoms with Gasteiger partial charge < -0.3 is 10.2 Å². The van der Waals surface area contributed by atoms with Crippen LogP contribution >= 0.6 is 0 Å². The number of aromatic nitrogens is 2. The zero-order valence-corrected chi connectivity index (χ0v) is 10.6. The van der Waals surface area contributed by atoms with Gasteiger partial charge in [0.2, 0.25) is 0 Å². The van der Waals surface area contributed by atoms with Crippen LogP contribution < -0.4 is 10.2 Å². The molecular weight excluding hydrogens is 228 g/mol. The lowest BCUT2D eigenvalue weighted by Crippen LogP contribution is -2.26. The van der Waals surface area contributed by atoms with Gasteiger partial charge in [0.15, 0.2) is 0 Å². The minimum Gasteiger partial charge on any atom is -0.370 e. The molecule has 0 saturated carbocycles. The summed E-state index contributed by atoms with van der Waals surface area (Å²) in [6.07, 6.45) is 2.45. The molecule has 0 radical (unpaired) electrons. The molecule has 0 aliphatic carbocycles. The molecule has 0 amide bonds. The van der Waals surface area contributed by atoms with Crippen molar-refractivity contribution in [1.82, 2.24) is 9.97 Å². The van der Waals surface area contributed by atoms with Gasteiger partial charge in [0.1, 0.15) is 31.1 Å². The maximum Gasteiger partial charge on any atom is 0.138 e. The highest BCUT2D eigenvalue weighted by Crippen LogP contribution is 2.21. The summed E-state index contributed by atoms with van der Waals surface area (Å²) in [4.78, 5) is 9.95. The van der Waals surface area contributed by atoms with Crippen LogP contribution in [0.1, 0.15) is 18.9 Å². The van der Waals surface area contributed by atoms with Gasteiger partial charge in [0, 0.05) is 12.1 Å². The van der Waals surface area contributed by atoms with E-state index in [4.69, 9.17) is 10.5 Å². The van der Waals surface area contributed by atoms with Crippen molar-refractivity contribution in [2.45, 2.75) is 20.3 Å². The Morgan fingerprint density at radius 2 is 1.94 bits per heavy atom. The number of rotatable bonds is 6. The lowest BCUT2D eigenvalue weighted by atomic mass is 10.2. The first-order valence-corrected chi connectivity index (χ1v) is 5.78. The molecule has 1 rings (SSSR count). The molecule has 1 N–H and O–H groups in total. The first kappa shape index (κ1) is 13.7. The number of hydrogen-bond donors (Lipinski definition) is 1. The zero-order chi connectivity index (χ0) is 13.4. The Hall–Kier alpha value is -2.34. The molecule has 6 heteroatoms. The predicted molar refractivity (Wildman–Crippen MR) is 69.0 cm³/mol. The van der Waals surface area contributed by atoms with Crippen LogP contribution in [0.5, 0.6) is 0 Å². The van der Waals surface area contributed by atoms with Crippen molar-refractivity contribution in [3.05, 3.63) is 11.9 Å². The van der Waals surface area contributed by atoms with Gasteiger partial charge in [-0.2, -0.15) is 10.5 Å². The topological polar surface area (TPSA) is 88.6 Å². The van der Waals surface area contributed by atoms with Gasteiger partial charge in [-0.3, -0.25) is 0 Å². The van der Waals surface area contributed by atoms with Crippen LogP contribution in [0.3, 0.4) is 0 Å². The molecule has 1 heterocycles. The van der Waals surface area contributed by atoms with Gasteiger partial charge in [-0.05, 0) is 13.3 Å². The number of nitriles is 2. The van der Waals surface area contributed by atoms with Gasteiger partial charge in [0.05, 0.1) is 12.1 Å². The molecule has 0 fully saturated rings. The number of nitrogens with one attached hydrogen (secondary N) is 1. The molecule has 94 valence electrons. The molecule has 0 saturated heterocycles. The second-order valence-electron chi connectivity index (χ2n) is 3.77. The molecule has 1 aromatic heterocycles. The summed E-state index contributed by atoms with van der Waals surface area (Å²) in [7, 11) is 0. The highest BCUT2D eigenvalue weighted by Gasteiger charge is 2.13. The Labute approximate surface area is 107 Å². The van der Waals surface area contributed by atoms with Gasteiger partial charge in [-0.15, -0.1) is 0 Å². The third-order valence-electron chi connectivity index (χ3n) is 2.42. The molecule has 0 aromatic carbocycles. The van der Waals surface area contributed by atoms with E-state index in [1.165, 1.54) is 6.33 Å². The van der Waals surface area contributed by atoms with E-state index in [-0.39, 0.29) is 13.1 Å². The van der Waals surface area contributed by atoms with Crippen molar-refractivity contribution in [1.29, 1.82) is 10.5 Å². The fourth-order valence-corrected chi connectivity index (χ4v) is 1.56. The van der Waals surface area contributed by atoms with E-state index in [2.05, 4.69) is 22.2 Å². The number of nitrogens with zero attached hydrogens (tertiary/aromatic N) is 5. The summed E-state index contributed by atoms with van der Waals surface area (Å²) in [5, 5.41) is 20.7. The van der Waals surface area contributed by atoms with Gasteiger partial charge >= 0.3 is 0 Å². The van der Waals surface area contributed by atoms with Crippen molar-refractivity contribution in [2.75, 3.05) is 29.9 Å². The minimum atomic E-state index is 0.138. The molecule has 0 aliphatic rings. The average molecular weight is 244 g/mol. The first-order chi connectivity index (χ1) is 8.74. The smallest absolute Gasteiger partial charge is 0.138 e. The van der Waals surface area contributed by atoms with Crippen molar-refractivity contribution >= 4 is 11.6 Å². The van der Waals surface area contributed by atoms with E-state index in [9.17, 15) is 0 Å². The molecule has 1 aromatic rings. The maximum atomic E-state index is 8.77. The van der Waals surface area contributed by atoms with E-state index in [0.29, 0.717) is 5.82 Å². The van der Waals surface area contributed by atoms with Gasteiger partial charge in [-0.1, -0.05) is 6.92 Å². The summed E-state index contributed by atoms with van der Waals surface area (Å²) < 4.78 is 0. The molecule has 18 heavy (non-hydrogen) atoms. The van der Waals surface area contributed by atoms with E-state index < -0.39 is 0 Å². The molecule has 0 bridgehead atoms. The molecule has 0 unspecified atom stereocenters. The van der Waals surface area contributed by atoms with Crippen LogP contribution in [-0.2, 0) is 0 Å². The van der Waals surface area contributed by atoms with E-state index in [1.54, 1.807) is 4.90 Å². The third-order valence-corrected chi connectivity index (χ3v) is 2.42. The Balaban J connectivity index is 3.00. The Morgan fingerprint density at radius 3 is 2.50 bits per heavy atom. The predicted octanol–water partition coefficient (Wildman–Crippen LogP) is 1.46. The lowest BCUT2D eigenvalue weighted by molar-refractivity contribution is 0.906. The molecular formula is C12H16N6. The Bertz CT molecular complexity index is 454. The summed E-state index contributed by atoms with van der Waals surface area (Å²) >= 11 is 0. The fraction of sp³-hybridized carbons (Fsp3) is 0.500. The molecule has 6 nitrogen and oxygen atoms in total. The Kier molecular flexibility index (Phi) is 5.40. The Morgan fingerprint density at radius 1 is 1.28 bits per heavy atom. The normalized spacial score (nSPS) is 9.33. The van der Waals surface area contributed by atoms with Crippen molar-refractivity contribution in [3.8, 4) is 12.1 Å². The van der Waals surface area contributed by atoms with Crippen LogP contribution in [0.15, 0.2) is 6.33 Å². The van der Waals surface area contributed by atoms with Crippen LogP contribution in [-0.4, -0.2) is 29.6 Å². The van der Waals surface area contributed by atoms with Crippen LogP contribution in [0.4, 0.5) is 11.6 Å².